The second-order valence-electron chi connectivity index (χ2n) is 4.99. The van der Waals surface area contributed by atoms with Gasteiger partial charge in [-0.2, -0.15) is 11.8 Å². The predicted octanol–water partition coefficient (Wildman–Crippen LogP) is 3.10. The fraction of sp³-hybridized carbons (Fsp3) is 0.429. The van der Waals surface area contributed by atoms with E-state index in [2.05, 4.69) is 21.2 Å². The summed E-state index contributed by atoms with van der Waals surface area (Å²) in [5, 5.41) is 12.1. The summed E-state index contributed by atoms with van der Waals surface area (Å²) in [4.78, 5) is 25.0. The lowest BCUT2D eigenvalue weighted by Crippen LogP contribution is -2.51. The number of thioether (sulfide) groups is 1. The summed E-state index contributed by atoms with van der Waals surface area (Å²) in [7, 11) is 0. The zero-order valence-corrected chi connectivity index (χ0v) is 14.3. The topological polar surface area (TPSA) is 69.6 Å². The Morgan fingerprint density at radius 3 is 2.76 bits per heavy atom. The number of hydrogen-bond acceptors (Lipinski definition) is 3. The summed E-state index contributed by atoms with van der Waals surface area (Å²) in [6.45, 7) is 4.33. The van der Waals surface area contributed by atoms with Crippen molar-refractivity contribution in [2.45, 2.75) is 19.9 Å². The molecule has 1 saturated heterocycles. The Labute approximate surface area is 136 Å². The molecular weight excluding hydrogens is 356 g/mol. The Kier molecular flexibility index (Phi) is 5.16. The number of carboxylic acids is 1. The van der Waals surface area contributed by atoms with Gasteiger partial charge >= 0.3 is 12.0 Å². The van der Waals surface area contributed by atoms with E-state index in [4.69, 9.17) is 0 Å². The van der Waals surface area contributed by atoms with Gasteiger partial charge in [-0.25, -0.2) is 9.59 Å². The molecule has 1 aromatic rings. The maximum atomic E-state index is 12.4. The van der Waals surface area contributed by atoms with Crippen LogP contribution in [-0.2, 0) is 4.79 Å². The van der Waals surface area contributed by atoms with Gasteiger partial charge in [0.15, 0.2) is 0 Å². The molecule has 0 radical (unpaired) electrons. The molecule has 1 aliphatic heterocycles. The Balaban J connectivity index is 2.19. The monoisotopic (exact) mass is 372 g/mol. The zero-order valence-electron chi connectivity index (χ0n) is 11.9. The van der Waals surface area contributed by atoms with Crippen LogP contribution in [0.2, 0.25) is 0 Å². The van der Waals surface area contributed by atoms with Crippen LogP contribution in [0.5, 0.6) is 0 Å². The van der Waals surface area contributed by atoms with Crippen molar-refractivity contribution < 1.29 is 14.7 Å². The third-order valence-corrected chi connectivity index (χ3v) is 4.99. The number of carboxylic acid groups (broad SMARTS) is 1. The number of aliphatic carboxylic acids is 1. The average Bonchev–Trinajstić information content (AvgIpc) is 2.42. The van der Waals surface area contributed by atoms with Crippen LogP contribution < -0.4 is 5.32 Å². The van der Waals surface area contributed by atoms with Crippen molar-refractivity contribution in [1.29, 1.82) is 0 Å². The van der Waals surface area contributed by atoms with Crippen LogP contribution in [0.1, 0.15) is 11.1 Å². The predicted molar refractivity (Wildman–Crippen MR) is 88.1 cm³/mol. The van der Waals surface area contributed by atoms with Crippen LogP contribution in [0.3, 0.4) is 0 Å². The van der Waals surface area contributed by atoms with Gasteiger partial charge < -0.3 is 15.3 Å². The lowest BCUT2D eigenvalue weighted by Gasteiger charge is -2.32. The van der Waals surface area contributed by atoms with Crippen molar-refractivity contribution in [3.05, 3.63) is 27.7 Å². The molecule has 2 N–H and O–H groups in total. The summed E-state index contributed by atoms with van der Waals surface area (Å²) in [6, 6.07) is 2.76. The first-order chi connectivity index (χ1) is 9.90. The Morgan fingerprint density at radius 1 is 1.43 bits per heavy atom. The minimum Gasteiger partial charge on any atom is -0.480 e. The number of carbonyl (C=O) groups is 2. The first-order valence-corrected chi connectivity index (χ1v) is 8.50. The highest BCUT2D eigenvalue weighted by atomic mass is 79.9. The van der Waals surface area contributed by atoms with E-state index in [9.17, 15) is 14.7 Å². The van der Waals surface area contributed by atoms with Crippen molar-refractivity contribution in [3.63, 3.8) is 0 Å². The van der Waals surface area contributed by atoms with Gasteiger partial charge in [0, 0.05) is 22.5 Å². The summed E-state index contributed by atoms with van der Waals surface area (Å²) in [6.07, 6.45) is 0. The first kappa shape index (κ1) is 16.2. The van der Waals surface area contributed by atoms with Gasteiger partial charge in [0.05, 0.1) is 5.69 Å². The van der Waals surface area contributed by atoms with Gasteiger partial charge in [0.25, 0.3) is 0 Å². The van der Waals surface area contributed by atoms with Gasteiger partial charge in [-0.1, -0.05) is 6.07 Å². The van der Waals surface area contributed by atoms with E-state index in [0.717, 1.165) is 21.4 Å². The smallest absolute Gasteiger partial charge is 0.327 e. The van der Waals surface area contributed by atoms with Gasteiger partial charge in [-0.05, 0) is 47.0 Å². The van der Waals surface area contributed by atoms with Crippen molar-refractivity contribution in [3.8, 4) is 0 Å². The summed E-state index contributed by atoms with van der Waals surface area (Å²) in [5.74, 6) is 0.222. The van der Waals surface area contributed by atoms with Crippen LogP contribution in [0, 0.1) is 13.8 Å². The van der Waals surface area contributed by atoms with E-state index < -0.39 is 12.0 Å². The standard InChI is InChI=1S/C14H17BrN2O3S/c1-8-5-9(2)12(10(15)6-8)16-14(20)17-3-4-21-7-11(17)13(18)19/h5-6,11H,3-4,7H2,1-2H3,(H,16,20)(H,18,19). The molecular formula is C14H17BrN2O3S. The zero-order chi connectivity index (χ0) is 15.6. The molecule has 1 heterocycles. The molecule has 21 heavy (non-hydrogen) atoms. The second-order valence-corrected chi connectivity index (χ2v) is 7.00. The first-order valence-electron chi connectivity index (χ1n) is 6.55. The minimum atomic E-state index is -0.961. The number of hydrogen-bond donors (Lipinski definition) is 2. The summed E-state index contributed by atoms with van der Waals surface area (Å²) in [5.41, 5.74) is 2.72. The number of benzene rings is 1. The number of rotatable bonds is 2. The van der Waals surface area contributed by atoms with E-state index in [1.807, 2.05) is 26.0 Å². The fourth-order valence-corrected chi connectivity index (χ4v) is 4.12. The van der Waals surface area contributed by atoms with Gasteiger partial charge in [0.1, 0.15) is 6.04 Å². The third kappa shape index (κ3) is 3.71. The molecule has 2 amide bonds. The molecule has 114 valence electrons. The number of amides is 2. The summed E-state index contributed by atoms with van der Waals surface area (Å²) < 4.78 is 0.798. The second kappa shape index (κ2) is 6.70. The number of aryl methyl sites for hydroxylation is 2. The lowest BCUT2D eigenvalue weighted by molar-refractivity contribution is -0.141. The third-order valence-electron chi connectivity index (χ3n) is 3.34. The molecule has 1 fully saturated rings. The Hall–Kier alpha value is -1.21. The largest absolute Gasteiger partial charge is 0.480 e. The van der Waals surface area contributed by atoms with Crippen LogP contribution in [0.15, 0.2) is 16.6 Å². The van der Waals surface area contributed by atoms with E-state index in [0.29, 0.717) is 18.0 Å². The molecule has 0 aliphatic carbocycles. The average molecular weight is 373 g/mol. The quantitative estimate of drug-likeness (QED) is 0.836. The van der Waals surface area contributed by atoms with E-state index in [1.165, 1.54) is 4.90 Å². The molecule has 1 aliphatic rings. The number of nitrogens with one attached hydrogen (secondary N) is 1. The van der Waals surface area contributed by atoms with E-state index in [1.54, 1.807) is 11.8 Å². The van der Waals surface area contributed by atoms with Gasteiger partial charge in [0.2, 0.25) is 0 Å². The number of halogens is 1. The van der Waals surface area contributed by atoms with Crippen molar-refractivity contribution in [1.82, 2.24) is 4.90 Å². The Bertz CT molecular complexity index is 556. The van der Waals surface area contributed by atoms with Gasteiger partial charge in [-0.15, -0.1) is 0 Å². The molecule has 2 rings (SSSR count). The number of anilines is 1. The van der Waals surface area contributed by atoms with Crippen molar-refractivity contribution >= 4 is 45.4 Å². The maximum Gasteiger partial charge on any atom is 0.327 e. The highest BCUT2D eigenvalue weighted by Gasteiger charge is 2.32. The number of carbonyl (C=O) groups excluding carboxylic acids is 1. The molecule has 0 aromatic heterocycles. The van der Waals surface area contributed by atoms with Crippen molar-refractivity contribution in [2.24, 2.45) is 0 Å². The van der Waals surface area contributed by atoms with Crippen LogP contribution >= 0.6 is 27.7 Å². The SMILES string of the molecule is Cc1cc(C)c(NC(=O)N2CCSCC2C(=O)O)c(Br)c1. The highest BCUT2D eigenvalue weighted by Crippen LogP contribution is 2.28. The molecule has 0 saturated carbocycles. The molecule has 1 atom stereocenters. The number of nitrogens with zero attached hydrogens (tertiary/aromatic N) is 1. The van der Waals surface area contributed by atoms with E-state index >= 15 is 0 Å². The number of urea groups is 1. The Morgan fingerprint density at radius 2 is 2.14 bits per heavy atom. The van der Waals surface area contributed by atoms with E-state index in [-0.39, 0.29) is 6.03 Å². The lowest BCUT2D eigenvalue weighted by atomic mass is 10.1. The van der Waals surface area contributed by atoms with Crippen LogP contribution in [-0.4, -0.2) is 46.1 Å². The van der Waals surface area contributed by atoms with Gasteiger partial charge in [-0.3, -0.25) is 0 Å². The highest BCUT2D eigenvalue weighted by molar-refractivity contribution is 9.10. The van der Waals surface area contributed by atoms with Crippen LogP contribution in [0.25, 0.3) is 0 Å². The van der Waals surface area contributed by atoms with Crippen molar-refractivity contribution in [2.75, 3.05) is 23.4 Å². The summed E-state index contributed by atoms with van der Waals surface area (Å²) >= 11 is 5.00. The molecule has 1 unspecified atom stereocenters. The normalized spacial score (nSPS) is 18.4. The molecule has 0 bridgehead atoms. The van der Waals surface area contributed by atoms with Crippen LogP contribution in [0.4, 0.5) is 10.5 Å². The minimum absolute atomic E-state index is 0.365. The molecule has 7 heteroatoms. The molecule has 1 aromatic carbocycles. The molecule has 0 spiro atoms. The fourth-order valence-electron chi connectivity index (χ4n) is 2.30. The molecule has 5 nitrogen and oxygen atoms in total. The maximum absolute atomic E-state index is 12.4.